The first-order chi connectivity index (χ1) is 9.43. The molecule has 22 heavy (non-hydrogen) atoms. The van der Waals surface area contributed by atoms with Crippen LogP contribution in [0, 0.1) is 11.8 Å². The van der Waals surface area contributed by atoms with Crippen molar-refractivity contribution in [1.29, 1.82) is 0 Å². The number of hydrogen-bond acceptors (Lipinski definition) is 3. The molecule has 2 amide bonds. The Balaban J connectivity index is 0. The second-order valence-corrected chi connectivity index (χ2v) is 5.61. The molecule has 2 N–H and O–H groups in total. The van der Waals surface area contributed by atoms with E-state index in [1.807, 2.05) is 13.8 Å². The van der Waals surface area contributed by atoms with Crippen molar-refractivity contribution < 1.29 is 41.6 Å². The molecule has 0 rings (SSSR count). The average molecular weight is 318 g/mol. The van der Waals surface area contributed by atoms with Gasteiger partial charge in [-0.05, 0) is 18.4 Å². The minimum absolute atomic E-state index is 0. The maximum Gasteiger partial charge on any atom is 1.00 e. The molecule has 0 aromatic rings. The molecule has 0 atom stereocenters. The van der Waals surface area contributed by atoms with Gasteiger partial charge in [-0.1, -0.05) is 27.7 Å². The van der Waals surface area contributed by atoms with Crippen LogP contribution in [0.25, 0.3) is 5.84 Å². The Hall–Kier alpha value is -0.753. The third-order valence-corrected chi connectivity index (χ3v) is 2.25. The maximum absolute atomic E-state index is 12.2. The number of carbonyl (C=O) groups excluding carboxylic acids is 2. The van der Waals surface area contributed by atoms with Gasteiger partial charge in [0.1, 0.15) is 0 Å². The van der Waals surface area contributed by atoms with E-state index in [0.717, 1.165) is 5.01 Å². The normalized spacial score (nSPS) is 11.6. The SMILES string of the molecule is CC(C)CN([NH-])CC(=O)N(CC(C)C)NC(=O)C(F)(F)F.[Li+]. The van der Waals surface area contributed by atoms with Crippen molar-refractivity contribution in [3.8, 4) is 0 Å². The van der Waals surface area contributed by atoms with Gasteiger partial charge in [-0.15, -0.1) is 0 Å². The van der Waals surface area contributed by atoms with Gasteiger partial charge in [0.15, 0.2) is 0 Å². The van der Waals surface area contributed by atoms with E-state index >= 15 is 0 Å². The number of hydrogen-bond donors (Lipinski definition) is 1. The van der Waals surface area contributed by atoms with Crippen LogP contribution in [-0.2, 0) is 9.59 Å². The second kappa shape index (κ2) is 10.1. The maximum atomic E-state index is 12.2. The average Bonchev–Trinajstić information content (AvgIpc) is 2.24. The van der Waals surface area contributed by atoms with Crippen molar-refractivity contribution in [2.45, 2.75) is 33.9 Å². The smallest absolute Gasteiger partial charge is 0.609 e. The van der Waals surface area contributed by atoms with E-state index < -0.39 is 18.0 Å². The second-order valence-electron chi connectivity index (χ2n) is 5.61. The molecule has 10 heteroatoms. The molecule has 0 aromatic heterocycles. The van der Waals surface area contributed by atoms with Crippen LogP contribution < -0.4 is 24.3 Å². The Kier molecular flexibility index (Phi) is 10.8. The third kappa shape index (κ3) is 10.1. The van der Waals surface area contributed by atoms with Crippen LogP contribution in [0.15, 0.2) is 0 Å². The number of halogens is 3. The van der Waals surface area contributed by atoms with Gasteiger partial charge in [0.2, 0.25) is 0 Å². The van der Waals surface area contributed by atoms with Crippen LogP contribution >= 0.6 is 0 Å². The Labute approximate surface area is 140 Å². The van der Waals surface area contributed by atoms with E-state index in [2.05, 4.69) is 0 Å². The summed E-state index contributed by atoms with van der Waals surface area (Å²) in [4.78, 5) is 22.8. The summed E-state index contributed by atoms with van der Waals surface area (Å²) in [6.07, 6.45) is -5.06. The quantitative estimate of drug-likeness (QED) is 0.504. The molecule has 0 aromatic carbocycles. The van der Waals surface area contributed by atoms with Crippen LogP contribution in [0.5, 0.6) is 0 Å². The molecule has 0 radical (unpaired) electrons. The third-order valence-electron chi connectivity index (χ3n) is 2.25. The summed E-state index contributed by atoms with van der Waals surface area (Å²) in [6.45, 7) is 6.96. The van der Waals surface area contributed by atoms with Crippen LogP contribution in [-0.4, -0.2) is 47.6 Å². The molecule has 0 saturated carbocycles. The Bertz CT molecular complexity index is 365. The monoisotopic (exact) mass is 318 g/mol. The van der Waals surface area contributed by atoms with E-state index in [1.165, 1.54) is 0 Å². The van der Waals surface area contributed by atoms with Gasteiger partial charge in [0.05, 0.1) is 6.54 Å². The van der Waals surface area contributed by atoms with Crippen molar-refractivity contribution in [1.82, 2.24) is 15.4 Å². The number of amides is 2. The summed E-state index contributed by atoms with van der Waals surface area (Å²) >= 11 is 0. The summed E-state index contributed by atoms with van der Waals surface area (Å²) in [5.74, 6) is 4.62. The van der Waals surface area contributed by atoms with Gasteiger partial charge >= 0.3 is 30.9 Å². The van der Waals surface area contributed by atoms with E-state index in [4.69, 9.17) is 5.84 Å². The molecule has 0 fully saturated rings. The van der Waals surface area contributed by atoms with Crippen molar-refractivity contribution in [2.75, 3.05) is 19.6 Å². The van der Waals surface area contributed by atoms with E-state index in [1.54, 1.807) is 19.3 Å². The fourth-order valence-electron chi connectivity index (χ4n) is 1.51. The Morgan fingerprint density at radius 3 is 1.91 bits per heavy atom. The van der Waals surface area contributed by atoms with E-state index in [9.17, 15) is 22.8 Å². The molecular formula is C12H22F3LiN4O2. The zero-order valence-electron chi connectivity index (χ0n) is 13.6. The van der Waals surface area contributed by atoms with Crippen molar-refractivity contribution in [2.24, 2.45) is 11.8 Å². The molecule has 0 heterocycles. The fourth-order valence-corrected chi connectivity index (χ4v) is 1.51. The minimum Gasteiger partial charge on any atom is -0.609 e. The van der Waals surface area contributed by atoms with Gasteiger partial charge in [0.25, 0.3) is 5.91 Å². The minimum atomic E-state index is -5.06. The molecule has 0 aliphatic carbocycles. The molecule has 0 aliphatic rings. The molecule has 0 aliphatic heterocycles. The number of rotatable bonds is 6. The predicted molar refractivity (Wildman–Crippen MR) is 71.5 cm³/mol. The summed E-state index contributed by atoms with van der Waals surface area (Å²) in [7, 11) is 0. The van der Waals surface area contributed by atoms with Gasteiger partial charge in [-0.2, -0.15) is 13.2 Å². The summed E-state index contributed by atoms with van der Waals surface area (Å²) in [5, 5.41) is 1.59. The zero-order chi connectivity index (χ0) is 16.8. The molecular weight excluding hydrogens is 296 g/mol. The Morgan fingerprint density at radius 2 is 1.55 bits per heavy atom. The first kappa shape index (κ1) is 23.5. The van der Waals surface area contributed by atoms with E-state index in [-0.39, 0.29) is 43.8 Å². The fraction of sp³-hybridized carbons (Fsp3) is 0.833. The van der Waals surface area contributed by atoms with Gasteiger partial charge in [-0.25, -0.2) is 0 Å². The molecule has 124 valence electrons. The standard InChI is InChI=1S/C12H22F3N4O2.Li/c1-8(2)5-18(16)7-10(20)19(6-9(3)4)17-11(21)12(13,14)15;/h8-9,16H,5-7H2,1-4H3,(H,17,21);/q-1;+1. The molecule has 6 nitrogen and oxygen atoms in total. The zero-order valence-corrected chi connectivity index (χ0v) is 13.6. The summed E-state index contributed by atoms with van der Waals surface area (Å²) < 4.78 is 36.7. The largest absolute Gasteiger partial charge is 1.00 e. The number of carbonyl (C=O) groups is 2. The summed E-state index contributed by atoms with van der Waals surface area (Å²) in [6, 6.07) is 0. The molecule has 0 unspecified atom stereocenters. The van der Waals surface area contributed by atoms with Gasteiger partial charge in [-0.3, -0.25) is 20.0 Å². The molecule has 0 saturated heterocycles. The Morgan fingerprint density at radius 1 is 1.09 bits per heavy atom. The van der Waals surface area contributed by atoms with Crippen LogP contribution in [0.1, 0.15) is 27.7 Å². The number of nitrogens with one attached hydrogen (secondary N) is 2. The predicted octanol–water partition coefficient (Wildman–Crippen LogP) is -1.01. The van der Waals surface area contributed by atoms with Crippen LogP contribution in [0.2, 0.25) is 0 Å². The van der Waals surface area contributed by atoms with Crippen LogP contribution in [0.4, 0.5) is 13.2 Å². The topological polar surface area (TPSA) is 76.5 Å². The van der Waals surface area contributed by atoms with Gasteiger partial charge in [0, 0.05) is 6.54 Å². The number of alkyl halides is 3. The van der Waals surface area contributed by atoms with Crippen LogP contribution in [0.3, 0.4) is 0 Å². The molecule has 0 spiro atoms. The number of nitrogens with zero attached hydrogens (tertiary/aromatic N) is 2. The first-order valence-corrected chi connectivity index (χ1v) is 6.57. The van der Waals surface area contributed by atoms with E-state index in [0.29, 0.717) is 11.6 Å². The van der Waals surface area contributed by atoms with Crippen molar-refractivity contribution in [3.05, 3.63) is 5.84 Å². The summed E-state index contributed by atoms with van der Waals surface area (Å²) in [5.41, 5.74) is 1.56. The number of hydrazine groups is 1. The van der Waals surface area contributed by atoms with Crippen molar-refractivity contribution >= 4 is 11.8 Å². The molecule has 0 bridgehead atoms. The first-order valence-electron chi connectivity index (χ1n) is 6.57. The van der Waals surface area contributed by atoms with Gasteiger partial charge < -0.3 is 10.9 Å². The van der Waals surface area contributed by atoms with Crippen molar-refractivity contribution in [3.63, 3.8) is 0 Å².